The van der Waals surface area contributed by atoms with Gasteiger partial charge in [-0.3, -0.25) is 9.59 Å². The van der Waals surface area contributed by atoms with Crippen LogP contribution in [0.5, 0.6) is 0 Å². The molecule has 6 nitrogen and oxygen atoms in total. The highest BCUT2D eigenvalue weighted by Crippen LogP contribution is 2.14. The Morgan fingerprint density at radius 1 is 1.40 bits per heavy atom. The number of hydrogen-bond acceptors (Lipinski definition) is 4. The summed E-state index contributed by atoms with van der Waals surface area (Å²) in [4.78, 5) is 24.2. The Kier molecular flexibility index (Phi) is 7.54. The van der Waals surface area contributed by atoms with E-state index in [1.54, 1.807) is 0 Å². The van der Waals surface area contributed by atoms with E-state index >= 15 is 0 Å². The summed E-state index contributed by atoms with van der Waals surface area (Å²) in [6.07, 6.45) is 2.70. The average Bonchev–Trinajstić information content (AvgIpc) is 2.44. The molecule has 1 saturated heterocycles. The molecule has 0 radical (unpaired) electrons. The van der Waals surface area contributed by atoms with Gasteiger partial charge in [-0.2, -0.15) is 0 Å². The van der Waals surface area contributed by atoms with Crippen molar-refractivity contribution < 1.29 is 19.4 Å². The number of amides is 1. The zero-order valence-electron chi connectivity index (χ0n) is 12.4. The Balaban J connectivity index is 2.17. The Morgan fingerprint density at radius 3 is 2.60 bits per heavy atom. The van der Waals surface area contributed by atoms with Crippen LogP contribution in [0.1, 0.15) is 39.5 Å². The number of piperidine rings is 1. The summed E-state index contributed by atoms with van der Waals surface area (Å²) in [6.45, 7) is 6.18. The van der Waals surface area contributed by atoms with E-state index in [0.717, 1.165) is 19.3 Å². The maximum absolute atomic E-state index is 12.0. The van der Waals surface area contributed by atoms with Crippen LogP contribution in [0.15, 0.2) is 0 Å². The zero-order valence-corrected chi connectivity index (χ0v) is 12.4. The van der Waals surface area contributed by atoms with E-state index < -0.39 is 5.97 Å². The van der Waals surface area contributed by atoms with Gasteiger partial charge in [0, 0.05) is 19.1 Å². The predicted molar refractivity (Wildman–Crippen MR) is 75.6 cm³/mol. The van der Waals surface area contributed by atoms with Gasteiger partial charge in [-0.1, -0.05) is 6.92 Å². The number of hydrogen-bond donors (Lipinski definition) is 2. The van der Waals surface area contributed by atoms with Gasteiger partial charge in [-0.15, -0.1) is 0 Å². The van der Waals surface area contributed by atoms with Crippen molar-refractivity contribution in [1.82, 2.24) is 10.2 Å². The summed E-state index contributed by atoms with van der Waals surface area (Å²) in [5.74, 6) is -0.706. The fourth-order valence-corrected chi connectivity index (χ4v) is 2.10. The third-order valence-corrected chi connectivity index (χ3v) is 3.68. The molecule has 1 heterocycles. The summed E-state index contributed by atoms with van der Waals surface area (Å²) >= 11 is 0. The second-order valence-electron chi connectivity index (χ2n) is 5.28. The highest BCUT2D eigenvalue weighted by atomic mass is 16.5. The van der Waals surface area contributed by atoms with E-state index in [2.05, 4.69) is 19.2 Å². The standard InChI is InChI=1S/C14H26N2O4/c1-3-11(2)15-10-13(17)16-7-4-12(5-8-16)20-9-6-14(18)19/h11-12,15H,3-10H2,1-2H3,(H,18,19). The molecule has 1 unspecified atom stereocenters. The van der Waals surface area contributed by atoms with Crippen molar-refractivity contribution in [2.24, 2.45) is 0 Å². The van der Waals surface area contributed by atoms with Gasteiger partial charge in [0.2, 0.25) is 5.91 Å². The number of nitrogens with one attached hydrogen (secondary N) is 1. The first kappa shape index (κ1) is 16.9. The molecule has 1 rings (SSSR count). The summed E-state index contributed by atoms with van der Waals surface area (Å²) < 4.78 is 5.50. The van der Waals surface area contributed by atoms with Crippen LogP contribution >= 0.6 is 0 Å². The first-order valence-corrected chi connectivity index (χ1v) is 7.37. The molecular formula is C14H26N2O4. The van der Waals surface area contributed by atoms with E-state index in [1.165, 1.54) is 0 Å². The normalized spacial score (nSPS) is 18.0. The summed E-state index contributed by atoms with van der Waals surface area (Å²) in [5, 5.41) is 11.7. The maximum atomic E-state index is 12.0. The topological polar surface area (TPSA) is 78.9 Å². The highest BCUT2D eigenvalue weighted by molar-refractivity contribution is 5.78. The van der Waals surface area contributed by atoms with Gasteiger partial charge in [0.1, 0.15) is 0 Å². The van der Waals surface area contributed by atoms with Gasteiger partial charge < -0.3 is 20.1 Å². The molecule has 0 bridgehead atoms. The lowest BCUT2D eigenvalue weighted by Gasteiger charge is -2.32. The molecule has 0 spiro atoms. The number of aliphatic carboxylic acids is 1. The Bertz CT molecular complexity index is 314. The van der Waals surface area contributed by atoms with Crippen LogP contribution in [0, 0.1) is 0 Å². The summed E-state index contributed by atoms with van der Waals surface area (Å²) in [6, 6.07) is 0.357. The highest BCUT2D eigenvalue weighted by Gasteiger charge is 2.23. The molecule has 0 aromatic heterocycles. The third-order valence-electron chi connectivity index (χ3n) is 3.68. The Hall–Kier alpha value is -1.14. The van der Waals surface area contributed by atoms with E-state index in [0.29, 0.717) is 25.7 Å². The third kappa shape index (κ3) is 6.34. The lowest BCUT2D eigenvalue weighted by Crippen LogP contribution is -2.45. The van der Waals surface area contributed by atoms with E-state index in [-0.39, 0.29) is 25.0 Å². The second kappa shape index (κ2) is 8.92. The average molecular weight is 286 g/mol. The minimum atomic E-state index is -0.839. The van der Waals surface area contributed by atoms with Crippen LogP contribution in [0.3, 0.4) is 0 Å². The Labute approximate surface area is 120 Å². The molecule has 6 heteroatoms. The largest absolute Gasteiger partial charge is 0.481 e. The molecular weight excluding hydrogens is 260 g/mol. The first-order chi connectivity index (χ1) is 9.52. The van der Waals surface area contributed by atoms with Crippen LogP contribution in [0.25, 0.3) is 0 Å². The van der Waals surface area contributed by atoms with Crippen molar-refractivity contribution >= 4 is 11.9 Å². The van der Waals surface area contributed by atoms with Crippen LogP contribution in [0.2, 0.25) is 0 Å². The number of likely N-dealkylation sites (tertiary alicyclic amines) is 1. The summed E-state index contributed by atoms with van der Waals surface area (Å²) in [5.41, 5.74) is 0. The summed E-state index contributed by atoms with van der Waals surface area (Å²) in [7, 11) is 0. The monoisotopic (exact) mass is 286 g/mol. The van der Waals surface area contributed by atoms with Crippen LogP contribution in [-0.2, 0) is 14.3 Å². The number of carbonyl (C=O) groups excluding carboxylic acids is 1. The number of rotatable bonds is 8. The number of carboxylic acid groups (broad SMARTS) is 1. The van der Waals surface area contributed by atoms with Crippen LogP contribution < -0.4 is 5.32 Å². The van der Waals surface area contributed by atoms with Crippen LogP contribution in [-0.4, -0.2) is 60.3 Å². The quantitative estimate of drug-likeness (QED) is 0.692. The van der Waals surface area contributed by atoms with Crippen LogP contribution in [0.4, 0.5) is 0 Å². The van der Waals surface area contributed by atoms with Gasteiger partial charge in [0.25, 0.3) is 0 Å². The molecule has 1 fully saturated rings. The van der Waals surface area contributed by atoms with Crippen molar-refractivity contribution in [3.05, 3.63) is 0 Å². The molecule has 0 saturated carbocycles. The lowest BCUT2D eigenvalue weighted by molar-refractivity contribution is -0.139. The van der Waals surface area contributed by atoms with Gasteiger partial charge in [0.05, 0.1) is 25.7 Å². The zero-order chi connectivity index (χ0) is 15.0. The first-order valence-electron chi connectivity index (χ1n) is 7.37. The molecule has 1 amide bonds. The Morgan fingerprint density at radius 2 is 2.05 bits per heavy atom. The van der Waals surface area contributed by atoms with E-state index in [9.17, 15) is 9.59 Å². The molecule has 0 aromatic carbocycles. The molecule has 0 aromatic rings. The molecule has 20 heavy (non-hydrogen) atoms. The number of ether oxygens (including phenoxy) is 1. The molecule has 1 aliphatic rings. The molecule has 0 aliphatic carbocycles. The molecule has 2 N–H and O–H groups in total. The fourth-order valence-electron chi connectivity index (χ4n) is 2.10. The van der Waals surface area contributed by atoms with Gasteiger partial charge in [-0.25, -0.2) is 0 Å². The van der Waals surface area contributed by atoms with Gasteiger partial charge >= 0.3 is 5.97 Å². The van der Waals surface area contributed by atoms with Crippen molar-refractivity contribution in [2.75, 3.05) is 26.2 Å². The van der Waals surface area contributed by atoms with E-state index in [4.69, 9.17) is 9.84 Å². The van der Waals surface area contributed by atoms with E-state index in [1.807, 2.05) is 4.90 Å². The second-order valence-corrected chi connectivity index (χ2v) is 5.28. The smallest absolute Gasteiger partial charge is 0.305 e. The number of carboxylic acids is 1. The minimum Gasteiger partial charge on any atom is -0.481 e. The minimum absolute atomic E-state index is 0.0397. The van der Waals surface area contributed by atoms with Crippen molar-refractivity contribution in [1.29, 1.82) is 0 Å². The lowest BCUT2D eigenvalue weighted by atomic mass is 10.1. The van der Waals surface area contributed by atoms with Gasteiger partial charge in [0.15, 0.2) is 0 Å². The van der Waals surface area contributed by atoms with Gasteiger partial charge in [-0.05, 0) is 26.2 Å². The van der Waals surface area contributed by atoms with Crippen molar-refractivity contribution in [3.63, 3.8) is 0 Å². The predicted octanol–water partition coefficient (Wildman–Crippen LogP) is 0.857. The maximum Gasteiger partial charge on any atom is 0.305 e. The molecule has 1 aliphatic heterocycles. The molecule has 1 atom stereocenters. The van der Waals surface area contributed by atoms with Crippen molar-refractivity contribution in [2.45, 2.75) is 51.7 Å². The van der Waals surface area contributed by atoms with Crippen molar-refractivity contribution in [3.8, 4) is 0 Å². The molecule has 116 valence electrons. The number of nitrogens with zero attached hydrogens (tertiary/aromatic N) is 1. The number of carbonyl (C=O) groups is 2. The SMILES string of the molecule is CCC(C)NCC(=O)N1CCC(OCCC(=O)O)CC1. The fraction of sp³-hybridized carbons (Fsp3) is 0.857.